The van der Waals surface area contributed by atoms with Gasteiger partial charge in [0.2, 0.25) is 5.91 Å². The van der Waals surface area contributed by atoms with Gasteiger partial charge in [0.1, 0.15) is 17.2 Å². The van der Waals surface area contributed by atoms with Crippen molar-refractivity contribution in [3.8, 4) is 5.75 Å². The Morgan fingerprint density at radius 3 is 2.39 bits per heavy atom. The highest BCUT2D eigenvalue weighted by atomic mass is 35.5. The Labute approximate surface area is 195 Å². The number of nitrogens with zero attached hydrogens (tertiary/aromatic N) is 1. The number of aryl methyl sites for hydroxylation is 2. The number of benzene rings is 3. The summed E-state index contributed by atoms with van der Waals surface area (Å²) in [6, 6.07) is 12.1. The van der Waals surface area contributed by atoms with Crippen LogP contribution in [0.3, 0.4) is 0 Å². The first-order valence-electron chi connectivity index (χ1n) is 9.71. The lowest BCUT2D eigenvalue weighted by Crippen LogP contribution is -2.38. The Morgan fingerprint density at radius 2 is 1.76 bits per heavy atom. The van der Waals surface area contributed by atoms with Gasteiger partial charge in [0, 0.05) is 16.8 Å². The van der Waals surface area contributed by atoms with Crippen molar-refractivity contribution in [2.24, 2.45) is 0 Å². The molecule has 174 valence electrons. The molecule has 0 saturated heterocycles. The van der Waals surface area contributed by atoms with E-state index in [0.717, 1.165) is 22.0 Å². The largest absolute Gasteiger partial charge is 0.495 e. The van der Waals surface area contributed by atoms with Crippen LogP contribution >= 0.6 is 11.6 Å². The molecule has 0 unspecified atom stereocenters. The highest BCUT2D eigenvalue weighted by Crippen LogP contribution is 2.32. The van der Waals surface area contributed by atoms with Crippen molar-refractivity contribution in [1.29, 1.82) is 0 Å². The molecule has 0 aliphatic heterocycles. The molecule has 0 atom stereocenters. The molecule has 6 nitrogen and oxygen atoms in total. The number of methoxy groups -OCH3 is 1. The van der Waals surface area contributed by atoms with Gasteiger partial charge >= 0.3 is 0 Å². The SMILES string of the molecule is COc1ccc(C)cc1S(=O)(=O)N(CC(=O)Nc1ccc(F)c(F)c1)c1ccc(C)c(Cl)c1. The van der Waals surface area contributed by atoms with Gasteiger partial charge in [-0.15, -0.1) is 0 Å². The molecule has 0 saturated carbocycles. The predicted octanol–water partition coefficient (Wildman–Crippen LogP) is 5.08. The van der Waals surface area contributed by atoms with Gasteiger partial charge in [-0.25, -0.2) is 17.2 Å². The molecule has 0 heterocycles. The Bertz CT molecular complexity index is 1320. The van der Waals surface area contributed by atoms with Crippen molar-refractivity contribution in [1.82, 2.24) is 0 Å². The number of sulfonamides is 1. The van der Waals surface area contributed by atoms with Gasteiger partial charge in [0.25, 0.3) is 10.0 Å². The summed E-state index contributed by atoms with van der Waals surface area (Å²) in [5.74, 6) is -2.89. The minimum Gasteiger partial charge on any atom is -0.495 e. The molecule has 0 aliphatic carbocycles. The van der Waals surface area contributed by atoms with Crippen LogP contribution in [-0.2, 0) is 14.8 Å². The van der Waals surface area contributed by atoms with Crippen LogP contribution in [-0.4, -0.2) is 28.0 Å². The number of halogens is 3. The second-order valence-corrected chi connectivity index (χ2v) is 9.51. The first-order valence-corrected chi connectivity index (χ1v) is 11.5. The van der Waals surface area contributed by atoms with Crippen LogP contribution in [0, 0.1) is 25.5 Å². The number of carbonyl (C=O) groups is 1. The molecule has 0 spiro atoms. The molecule has 3 aromatic carbocycles. The quantitative estimate of drug-likeness (QED) is 0.497. The summed E-state index contributed by atoms with van der Waals surface area (Å²) < 4.78 is 60.1. The fourth-order valence-electron chi connectivity index (χ4n) is 3.06. The molecule has 0 aromatic heterocycles. The summed E-state index contributed by atoms with van der Waals surface area (Å²) in [6.07, 6.45) is 0. The first kappa shape index (κ1) is 24.5. The van der Waals surface area contributed by atoms with Crippen LogP contribution < -0.4 is 14.4 Å². The van der Waals surface area contributed by atoms with E-state index >= 15 is 0 Å². The highest BCUT2D eigenvalue weighted by Gasteiger charge is 2.30. The second-order valence-electron chi connectivity index (χ2n) is 7.28. The topological polar surface area (TPSA) is 75.7 Å². The van der Waals surface area contributed by atoms with Crippen LogP contribution in [0.5, 0.6) is 5.75 Å². The third-order valence-electron chi connectivity index (χ3n) is 4.82. The standard InChI is InChI=1S/C23H21ClF2N2O4S/c1-14-4-9-21(32-3)22(10-14)33(30,31)28(17-7-5-15(2)18(24)12-17)13-23(29)27-16-6-8-19(25)20(26)11-16/h4-12H,13H2,1-3H3,(H,27,29). The van der Waals surface area contributed by atoms with E-state index in [0.29, 0.717) is 10.6 Å². The number of nitrogens with one attached hydrogen (secondary N) is 1. The van der Waals surface area contributed by atoms with E-state index in [1.165, 1.54) is 37.4 Å². The predicted molar refractivity (Wildman–Crippen MR) is 123 cm³/mol. The minimum absolute atomic E-state index is 0.0219. The molecule has 10 heteroatoms. The maximum Gasteiger partial charge on any atom is 0.268 e. The van der Waals surface area contributed by atoms with Crippen molar-refractivity contribution in [3.63, 3.8) is 0 Å². The lowest BCUT2D eigenvalue weighted by molar-refractivity contribution is -0.114. The smallest absolute Gasteiger partial charge is 0.268 e. The van der Waals surface area contributed by atoms with Gasteiger partial charge in [-0.05, 0) is 61.4 Å². The van der Waals surface area contributed by atoms with E-state index in [4.69, 9.17) is 16.3 Å². The summed E-state index contributed by atoms with van der Waals surface area (Å²) in [5.41, 5.74) is 1.51. The first-order chi connectivity index (χ1) is 15.5. The summed E-state index contributed by atoms with van der Waals surface area (Å²) in [4.78, 5) is 12.6. The van der Waals surface area contributed by atoms with E-state index in [1.807, 2.05) is 0 Å². The van der Waals surface area contributed by atoms with E-state index < -0.39 is 34.1 Å². The minimum atomic E-state index is -4.30. The Morgan fingerprint density at radius 1 is 1.03 bits per heavy atom. The van der Waals surface area contributed by atoms with E-state index in [1.54, 1.807) is 26.0 Å². The van der Waals surface area contributed by atoms with Crippen LogP contribution in [0.4, 0.5) is 20.2 Å². The zero-order valence-electron chi connectivity index (χ0n) is 18.0. The lowest BCUT2D eigenvalue weighted by atomic mass is 10.2. The van der Waals surface area contributed by atoms with Gasteiger partial charge < -0.3 is 10.1 Å². The van der Waals surface area contributed by atoms with Crippen molar-refractivity contribution in [2.45, 2.75) is 18.7 Å². The van der Waals surface area contributed by atoms with Crippen molar-refractivity contribution in [2.75, 3.05) is 23.3 Å². The zero-order chi connectivity index (χ0) is 24.3. The number of hydrogen-bond donors (Lipinski definition) is 1. The molecular weight excluding hydrogens is 474 g/mol. The monoisotopic (exact) mass is 494 g/mol. The summed E-state index contributed by atoms with van der Waals surface area (Å²) >= 11 is 6.21. The van der Waals surface area contributed by atoms with Gasteiger partial charge in [-0.2, -0.15) is 0 Å². The average Bonchev–Trinajstić information content (AvgIpc) is 2.76. The van der Waals surface area contributed by atoms with Gasteiger partial charge in [-0.3, -0.25) is 9.10 Å². The summed E-state index contributed by atoms with van der Waals surface area (Å²) in [6.45, 7) is 2.82. The Hall–Kier alpha value is -3.17. The molecule has 0 radical (unpaired) electrons. The van der Waals surface area contributed by atoms with Crippen LogP contribution in [0.2, 0.25) is 5.02 Å². The Kier molecular flexibility index (Phi) is 7.24. The Balaban J connectivity index is 2.04. The average molecular weight is 495 g/mol. The van der Waals surface area contributed by atoms with Crippen LogP contribution in [0.15, 0.2) is 59.5 Å². The van der Waals surface area contributed by atoms with Crippen LogP contribution in [0.25, 0.3) is 0 Å². The number of rotatable bonds is 7. The van der Waals surface area contributed by atoms with E-state index in [-0.39, 0.29) is 22.0 Å². The molecule has 33 heavy (non-hydrogen) atoms. The zero-order valence-corrected chi connectivity index (χ0v) is 19.6. The molecule has 0 aliphatic rings. The molecule has 1 N–H and O–H groups in total. The fourth-order valence-corrected chi connectivity index (χ4v) is 4.89. The maximum absolute atomic E-state index is 13.7. The van der Waals surface area contributed by atoms with E-state index in [9.17, 15) is 22.0 Å². The number of hydrogen-bond acceptors (Lipinski definition) is 4. The maximum atomic E-state index is 13.7. The molecule has 0 fully saturated rings. The number of anilines is 2. The third kappa shape index (κ3) is 5.43. The van der Waals surface area contributed by atoms with Gasteiger partial charge in [-0.1, -0.05) is 23.7 Å². The lowest BCUT2D eigenvalue weighted by Gasteiger charge is -2.25. The van der Waals surface area contributed by atoms with Crippen molar-refractivity contribution >= 4 is 38.9 Å². The normalized spacial score (nSPS) is 11.2. The van der Waals surface area contributed by atoms with Crippen molar-refractivity contribution < 1.29 is 26.7 Å². The number of ether oxygens (including phenoxy) is 1. The third-order valence-corrected chi connectivity index (χ3v) is 7.02. The van der Waals surface area contributed by atoms with Crippen LogP contribution in [0.1, 0.15) is 11.1 Å². The fraction of sp³-hybridized carbons (Fsp3) is 0.174. The van der Waals surface area contributed by atoms with Gasteiger partial charge in [0.05, 0.1) is 12.8 Å². The molecule has 3 aromatic rings. The van der Waals surface area contributed by atoms with Crippen molar-refractivity contribution in [3.05, 3.63) is 82.4 Å². The van der Waals surface area contributed by atoms with Gasteiger partial charge in [0.15, 0.2) is 11.6 Å². The molecule has 3 rings (SSSR count). The highest BCUT2D eigenvalue weighted by molar-refractivity contribution is 7.93. The molecule has 0 bridgehead atoms. The molecular formula is C23H21ClF2N2O4S. The van der Waals surface area contributed by atoms with E-state index in [2.05, 4.69) is 5.32 Å². The number of amides is 1. The molecule has 1 amide bonds. The summed E-state index contributed by atoms with van der Waals surface area (Å²) in [7, 11) is -2.96. The summed E-state index contributed by atoms with van der Waals surface area (Å²) in [5, 5.41) is 2.69. The second kappa shape index (κ2) is 9.76. The number of carbonyl (C=O) groups excluding carboxylic acids is 1.